The first kappa shape index (κ1) is 24.8. The van der Waals surface area contributed by atoms with Crippen LogP contribution in [-0.2, 0) is 19.6 Å². The molecule has 0 saturated carbocycles. The number of ketones is 1. The molecule has 9 heteroatoms. The summed E-state index contributed by atoms with van der Waals surface area (Å²) in [6.07, 6.45) is 0.856. The van der Waals surface area contributed by atoms with Gasteiger partial charge in [-0.25, -0.2) is 12.8 Å². The first-order valence-corrected chi connectivity index (χ1v) is 12.8. The third-order valence-electron chi connectivity index (χ3n) is 6.27. The van der Waals surface area contributed by atoms with Crippen LogP contribution in [0.25, 0.3) is 5.69 Å². The summed E-state index contributed by atoms with van der Waals surface area (Å²) in [4.78, 5) is 25.8. The lowest BCUT2D eigenvalue weighted by Gasteiger charge is -2.22. The summed E-state index contributed by atoms with van der Waals surface area (Å²) in [6.45, 7) is 5.16. The second kappa shape index (κ2) is 9.75. The van der Waals surface area contributed by atoms with E-state index in [4.69, 9.17) is 4.74 Å². The third kappa shape index (κ3) is 4.92. The SMILES string of the molecule is Cc1ccc(S(=O)(=O)N2CCC[C@H]2C(=O)OCC(=O)c2cc(C)n(-c3ccc(F)cc3)c2C)cc1. The minimum atomic E-state index is -3.87. The van der Waals surface area contributed by atoms with E-state index in [0.717, 1.165) is 15.6 Å². The Morgan fingerprint density at radius 2 is 1.69 bits per heavy atom. The molecule has 0 aliphatic carbocycles. The number of aromatic nitrogens is 1. The average Bonchev–Trinajstić information content (AvgIpc) is 3.44. The van der Waals surface area contributed by atoms with Crippen molar-refractivity contribution in [1.82, 2.24) is 8.87 Å². The zero-order valence-corrected chi connectivity index (χ0v) is 20.6. The van der Waals surface area contributed by atoms with Crippen molar-refractivity contribution in [1.29, 1.82) is 0 Å². The van der Waals surface area contributed by atoms with Gasteiger partial charge in [0.1, 0.15) is 11.9 Å². The van der Waals surface area contributed by atoms with Crippen molar-refractivity contribution >= 4 is 21.8 Å². The van der Waals surface area contributed by atoms with Gasteiger partial charge in [-0.1, -0.05) is 17.7 Å². The number of carbonyl (C=O) groups is 2. The Morgan fingerprint density at radius 1 is 1.03 bits per heavy atom. The first-order chi connectivity index (χ1) is 16.6. The second-order valence-electron chi connectivity index (χ2n) is 8.71. The Hall–Kier alpha value is -3.30. The summed E-state index contributed by atoms with van der Waals surface area (Å²) in [7, 11) is -3.87. The molecule has 3 aromatic rings. The van der Waals surface area contributed by atoms with Crippen LogP contribution in [0.5, 0.6) is 0 Å². The van der Waals surface area contributed by atoms with Crippen molar-refractivity contribution < 1.29 is 27.1 Å². The Labute approximate surface area is 204 Å². The number of rotatable bonds is 7. The number of esters is 1. The number of halogens is 1. The molecule has 0 spiro atoms. The summed E-state index contributed by atoms with van der Waals surface area (Å²) in [5, 5.41) is 0. The van der Waals surface area contributed by atoms with Crippen LogP contribution in [0, 0.1) is 26.6 Å². The van der Waals surface area contributed by atoms with Gasteiger partial charge in [-0.2, -0.15) is 4.31 Å². The van der Waals surface area contributed by atoms with Crippen LogP contribution in [-0.4, -0.2) is 48.2 Å². The quantitative estimate of drug-likeness (QED) is 0.361. The van der Waals surface area contributed by atoms with E-state index < -0.39 is 34.4 Å². The standard InChI is InChI=1S/C26H27FN2O5S/c1-17-6-12-22(13-7-17)35(32,33)28-14-4-5-24(28)26(31)34-16-25(30)23-15-18(2)29(19(23)3)21-10-8-20(27)9-11-21/h6-13,15,24H,4-5,14,16H2,1-3H3/t24-/m0/s1. The number of benzene rings is 2. The molecule has 184 valence electrons. The zero-order chi connectivity index (χ0) is 25.3. The van der Waals surface area contributed by atoms with E-state index in [1.165, 1.54) is 24.3 Å². The molecule has 2 aromatic carbocycles. The Bertz CT molecular complexity index is 1360. The second-order valence-corrected chi connectivity index (χ2v) is 10.6. The number of hydrogen-bond donors (Lipinski definition) is 0. The normalized spacial score (nSPS) is 16.4. The first-order valence-electron chi connectivity index (χ1n) is 11.3. The number of carbonyl (C=O) groups excluding carboxylic acids is 2. The van der Waals surface area contributed by atoms with E-state index in [1.54, 1.807) is 37.3 Å². The number of sulfonamides is 1. The van der Waals surface area contributed by atoms with Gasteiger partial charge in [-0.3, -0.25) is 9.59 Å². The molecule has 1 saturated heterocycles. The number of ether oxygens (including phenoxy) is 1. The zero-order valence-electron chi connectivity index (χ0n) is 19.8. The van der Waals surface area contributed by atoms with Crippen LogP contribution in [0.4, 0.5) is 4.39 Å². The van der Waals surface area contributed by atoms with Gasteiger partial charge >= 0.3 is 5.97 Å². The molecular formula is C26H27FN2O5S. The Balaban J connectivity index is 1.46. The van der Waals surface area contributed by atoms with Crippen molar-refractivity contribution in [2.45, 2.75) is 44.6 Å². The number of nitrogens with zero attached hydrogens (tertiary/aromatic N) is 2. The van der Waals surface area contributed by atoms with Gasteiger partial charge in [0.2, 0.25) is 15.8 Å². The van der Waals surface area contributed by atoms with E-state index in [-0.39, 0.29) is 17.3 Å². The highest BCUT2D eigenvalue weighted by molar-refractivity contribution is 7.89. The topological polar surface area (TPSA) is 85.7 Å². The fourth-order valence-electron chi connectivity index (χ4n) is 4.45. The molecule has 1 aliphatic heterocycles. The molecule has 0 unspecified atom stereocenters. The molecule has 1 aromatic heterocycles. The summed E-state index contributed by atoms with van der Waals surface area (Å²) >= 11 is 0. The summed E-state index contributed by atoms with van der Waals surface area (Å²) in [5.41, 5.74) is 3.43. The molecule has 0 N–H and O–H groups in total. The molecule has 0 radical (unpaired) electrons. The fraction of sp³-hybridized carbons (Fsp3) is 0.308. The summed E-state index contributed by atoms with van der Waals surface area (Å²) < 4.78 is 47.7. The lowest BCUT2D eigenvalue weighted by atomic mass is 10.1. The molecule has 4 rings (SSSR count). The maximum atomic E-state index is 13.3. The van der Waals surface area contributed by atoms with Crippen molar-refractivity contribution in [3.63, 3.8) is 0 Å². The van der Waals surface area contributed by atoms with E-state index >= 15 is 0 Å². The Kier molecular flexibility index (Phi) is 6.91. The van der Waals surface area contributed by atoms with Crippen molar-refractivity contribution in [3.8, 4) is 5.69 Å². The number of hydrogen-bond acceptors (Lipinski definition) is 5. The van der Waals surface area contributed by atoms with E-state index in [1.807, 2.05) is 18.4 Å². The largest absolute Gasteiger partial charge is 0.456 e. The van der Waals surface area contributed by atoms with Crippen LogP contribution >= 0.6 is 0 Å². The van der Waals surface area contributed by atoms with E-state index in [9.17, 15) is 22.4 Å². The van der Waals surface area contributed by atoms with Gasteiger partial charge in [0.15, 0.2) is 6.61 Å². The Morgan fingerprint density at radius 3 is 2.34 bits per heavy atom. The van der Waals surface area contributed by atoms with Crippen LogP contribution in [0.3, 0.4) is 0 Å². The van der Waals surface area contributed by atoms with Gasteiger partial charge in [-0.05, 0) is 76.1 Å². The molecule has 1 fully saturated rings. The highest BCUT2D eigenvalue weighted by Gasteiger charge is 2.40. The molecule has 1 atom stereocenters. The minimum absolute atomic E-state index is 0.118. The van der Waals surface area contributed by atoms with Crippen molar-refractivity contribution in [2.24, 2.45) is 0 Å². The molecular weight excluding hydrogens is 471 g/mol. The lowest BCUT2D eigenvalue weighted by molar-refractivity contribution is -0.146. The number of aryl methyl sites for hydroxylation is 2. The van der Waals surface area contributed by atoms with E-state index in [0.29, 0.717) is 29.8 Å². The van der Waals surface area contributed by atoms with Crippen LogP contribution in [0.15, 0.2) is 59.5 Å². The molecule has 35 heavy (non-hydrogen) atoms. The van der Waals surface area contributed by atoms with Crippen LogP contribution in [0.2, 0.25) is 0 Å². The van der Waals surface area contributed by atoms with Gasteiger partial charge < -0.3 is 9.30 Å². The van der Waals surface area contributed by atoms with Crippen molar-refractivity contribution in [2.75, 3.05) is 13.2 Å². The van der Waals surface area contributed by atoms with Gasteiger partial charge in [0.25, 0.3) is 0 Å². The predicted octanol–water partition coefficient (Wildman–Crippen LogP) is 4.12. The average molecular weight is 499 g/mol. The molecule has 2 heterocycles. The molecule has 1 aliphatic rings. The highest BCUT2D eigenvalue weighted by Crippen LogP contribution is 2.27. The van der Waals surface area contributed by atoms with Gasteiger partial charge in [0, 0.05) is 29.2 Å². The smallest absolute Gasteiger partial charge is 0.324 e. The summed E-state index contributed by atoms with van der Waals surface area (Å²) in [6, 6.07) is 13.1. The minimum Gasteiger partial charge on any atom is -0.456 e. The summed E-state index contributed by atoms with van der Waals surface area (Å²) in [5.74, 6) is -1.49. The van der Waals surface area contributed by atoms with Crippen molar-refractivity contribution in [3.05, 3.63) is 82.9 Å². The monoisotopic (exact) mass is 498 g/mol. The third-order valence-corrected chi connectivity index (χ3v) is 8.19. The predicted molar refractivity (Wildman–Crippen MR) is 129 cm³/mol. The fourth-order valence-corrected chi connectivity index (χ4v) is 6.10. The number of Topliss-reactive ketones (excluding diaryl/α,β-unsaturated/α-hetero) is 1. The maximum absolute atomic E-state index is 13.3. The van der Waals surface area contributed by atoms with Gasteiger partial charge in [0.05, 0.1) is 4.90 Å². The van der Waals surface area contributed by atoms with Crippen LogP contribution in [0.1, 0.15) is 40.2 Å². The highest BCUT2D eigenvalue weighted by atomic mass is 32.2. The van der Waals surface area contributed by atoms with E-state index in [2.05, 4.69) is 0 Å². The molecule has 0 bridgehead atoms. The molecule has 7 nitrogen and oxygen atoms in total. The molecule has 0 amide bonds. The lowest BCUT2D eigenvalue weighted by Crippen LogP contribution is -2.41. The van der Waals surface area contributed by atoms with Crippen LogP contribution < -0.4 is 0 Å². The van der Waals surface area contributed by atoms with Gasteiger partial charge in [-0.15, -0.1) is 0 Å². The maximum Gasteiger partial charge on any atom is 0.324 e.